The molecule has 1 saturated carbocycles. The number of ketones is 1. The molecule has 5 rings (SSSR count). The number of fused-ring (bicyclic) bond motifs is 1. The minimum absolute atomic E-state index is 0.143. The number of thioether (sulfide) groups is 1. The molecule has 2 fully saturated rings. The number of rotatable bonds is 6. The van der Waals surface area contributed by atoms with E-state index in [1.165, 1.54) is 30.5 Å². The molecule has 2 aromatic heterocycles. The highest BCUT2D eigenvalue weighted by molar-refractivity contribution is 7.99. The summed E-state index contributed by atoms with van der Waals surface area (Å²) in [6, 6.07) is 6.07. The number of carbonyl (C=O) groups excluding carboxylic acids is 1. The first-order valence-electron chi connectivity index (χ1n) is 10.4. The van der Waals surface area contributed by atoms with Gasteiger partial charge in [0.2, 0.25) is 0 Å². The Bertz CT molecular complexity index is 1140. The highest BCUT2D eigenvalue weighted by atomic mass is 32.2. The van der Waals surface area contributed by atoms with E-state index in [-0.39, 0.29) is 23.4 Å². The van der Waals surface area contributed by atoms with Crippen LogP contribution in [0.4, 0.5) is 10.2 Å². The fraction of sp³-hybridized carbons (Fsp3) is 0.429. The average Bonchev–Trinajstić information content (AvgIpc) is 3.47. The third kappa shape index (κ3) is 3.85. The number of anilines is 1. The standard InChI is InChI=1S/C21H22FN5O4S/c22-11-4-1-2-7-15(11)32-8-14-17(29)18(30)21(31-14)27-10-25-16-19(23-9-24-20(16)27)26-12-5-3-6-13(12)28/h1-2,4,7,9-10,12,14,17-18,21,29-30H,3,5-6,8H2,(H,23,24,26)/t12-,14-,17-,18-,21-/m1/s1. The molecule has 0 radical (unpaired) electrons. The zero-order valence-electron chi connectivity index (χ0n) is 17.0. The van der Waals surface area contributed by atoms with E-state index in [1.807, 2.05) is 0 Å². The Labute approximate surface area is 187 Å². The second kappa shape index (κ2) is 8.74. The zero-order chi connectivity index (χ0) is 22.2. The first-order chi connectivity index (χ1) is 15.5. The summed E-state index contributed by atoms with van der Waals surface area (Å²) in [6.07, 6.45) is 0.930. The number of nitrogens with one attached hydrogen (secondary N) is 1. The predicted molar refractivity (Wildman–Crippen MR) is 115 cm³/mol. The van der Waals surface area contributed by atoms with Gasteiger partial charge in [0.05, 0.1) is 18.5 Å². The number of Topliss-reactive ketones (excluding diaryl/α,β-unsaturated/α-hetero) is 1. The Hall–Kier alpha value is -2.60. The van der Waals surface area contributed by atoms with Gasteiger partial charge in [-0.25, -0.2) is 19.3 Å². The van der Waals surface area contributed by atoms with Crippen LogP contribution in [-0.4, -0.2) is 65.6 Å². The number of imidazole rings is 1. The lowest BCUT2D eigenvalue weighted by molar-refractivity contribution is -0.118. The SMILES string of the molecule is O=C1CCC[C@H]1Nc1ncnc2c1ncn2[C@@H]1O[C@H](CSc2ccccc2F)[C@@H](O)[C@H]1O. The van der Waals surface area contributed by atoms with Crippen LogP contribution in [0.3, 0.4) is 0 Å². The van der Waals surface area contributed by atoms with Gasteiger partial charge < -0.3 is 20.3 Å². The van der Waals surface area contributed by atoms with Crippen LogP contribution in [0.1, 0.15) is 25.5 Å². The van der Waals surface area contributed by atoms with Crippen LogP contribution in [0, 0.1) is 5.82 Å². The Morgan fingerprint density at radius 3 is 2.84 bits per heavy atom. The van der Waals surface area contributed by atoms with Crippen molar-refractivity contribution in [1.29, 1.82) is 0 Å². The van der Waals surface area contributed by atoms with Gasteiger partial charge in [-0.15, -0.1) is 11.8 Å². The summed E-state index contributed by atoms with van der Waals surface area (Å²) in [5.74, 6) is 0.492. The van der Waals surface area contributed by atoms with Crippen molar-refractivity contribution in [3.63, 3.8) is 0 Å². The molecule has 3 heterocycles. The molecule has 2 aliphatic rings. The third-order valence-corrected chi connectivity index (χ3v) is 6.96. The number of aromatic nitrogens is 4. The molecule has 11 heteroatoms. The van der Waals surface area contributed by atoms with Gasteiger partial charge in [-0.3, -0.25) is 9.36 Å². The smallest absolute Gasteiger partial charge is 0.167 e. The van der Waals surface area contributed by atoms with E-state index in [4.69, 9.17) is 4.74 Å². The molecule has 5 atom stereocenters. The number of ether oxygens (including phenoxy) is 1. The molecule has 1 aliphatic heterocycles. The molecular formula is C21H22FN5O4S. The monoisotopic (exact) mass is 459 g/mol. The molecule has 1 aliphatic carbocycles. The summed E-state index contributed by atoms with van der Waals surface area (Å²) in [4.78, 5) is 25.3. The van der Waals surface area contributed by atoms with Gasteiger partial charge in [-0.1, -0.05) is 12.1 Å². The maximum absolute atomic E-state index is 13.9. The maximum Gasteiger partial charge on any atom is 0.167 e. The fourth-order valence-electron chi connectivity index (χ4n) is 4.11. The molecule has 0 amide bonds. The summed E-state index contributed by atoms with van der Waals surface area (Å²) >= 11 is 1.21. The number of hydrogen-bond acceptors (Lipinski definition) is 9. The summed E-state index contributed by atoms with van der Waals surface area (Å²) in [5, 5.41) is 24.3. The molecule has 3 N–H and O–H groups in total. The summed E-state index contributed by atoms with van der Waals surface area (Å²) in [7, 11) is 0. The lowest BCUT2D eigenvalue weighted by Crippen LogP contribution is -2.32. The van der Waals surface area contributed by atoms with Crippen LogP contribution in [0.15, 0.2) is 41.8 Å². The van der Waals surface area contributed by atoms with Crippen LogP contribution >= 0.6 is 11.8 Å². The molecule has 0 bridgehead atoms. The van der Waals surface area contributed by atoms with Crippen LogP contribution in [0.25, 0.3) is 11.2 Å². The molecule has 1 aromatic carbocycles. The van der Waals surface area contributed by atoms with Crippen molar-refractivity contribution >= 4 is 34.5 Å². The largest absolute Gasteiger partial charge is 0.387 e. The number of hydrogen-bond donors (Lipinski definition) is 3. The molecule has 1 saturated heterocycles. The Kier molecular flexibility index (Phi) is 5.80. The fourth-order valence-corrected chi connectivity index (χ4v) is 5.11. The van der Waals surface area contributed by atoms with E-state index >= 15 is 0 Å². The maximum atomic E-state index is 13.9. The van der Waals surface area contributed by atoms with Crippen LogP contribution in [-0.2, 0) is 9.53 Å². The van der Waals surface area contributed by atoms with Gasteiger partial charge in [0, 0.05) is 17.1 Å². The van der Waals surface area contributed by atoms with E-state index in [0.29, 0.717) is 28.3 Å². The minimum Gasteiger partial charge on any atom is -0.387 e. The van der Waals surface area contributed by atoms with Gasteiger partial charge in [0.15, 0.2) is 29.0 Å². The topological polar surface area (TPSA) is 122 Å². The molecular weight excluding hydrogens is 437 g/mol. The van der Waals surface area contributed by atoms with Gasteiger partial charge in [0.1, 0.15) is 24.4 Å². The van der Waals surface area contributed by atoms with Crippen LogP contribution in [0.5, 0.6) is 0 Å². The normalized spacial score (nSPS) is 28.0. The minimum atomic E-state index is -1.22. The van der Waals surface area contributed by atoms with Crippen LogP contribution < -0.4 is 5.32 Å². The molecule has 0 spiro atoms. The lowest BCUT2D eigenvalue weighted by Gasteiger charge is -2.17. The number of carbonyl (C=O) groups is 1. The summed E-state index contributed by atoms with van der Waals surface area (Å²) in [6.45, 7) is 0. The molecule has 32 heavy (non-hydrogen) atoms. The van der Waals surface area contributed by atoms with E-state index in [9.17, 15) is 19.4 Å². The number of benzene rings is 1. The van der Waals surface area contributed by atoms with Crippen molar-refractivity contribution in [1.82, 2.24) is 19.5 Å². The first kappa shape index (κ1) is 21.3. The van der Waals surface area contributed by atoms with Crippen molar-refractivity contribution in [2.75, 3.05) is 11.1 Å². The van der Waals surface area contributed by atoms with Crippen molar-refractivity contribution in [2.45, 2.75) is 54.7 Å². The average molecular weight is 460 g/mol. The highest BCUT2D eigenvalue weighted by Crippen LogP contribution is 2.35. The molecule has 3 aromatic rings. The Balaban J connectivity index is 1.35. The number of halogens is 1. The summed E-state index contributed by atoms with van der Waals surface area (Å²) in [5.41, 5.74) is 0.855. The van der Waals surface area contributed by atoms with Crippen molar-refractivity contribution in [3.8, 4) is 0 Å². The second-order valence-electron chi connectivity index (χ2n) is 7.89. The first-order valence-corrected chi connectivity index (χ1v) is 11.4. The van der Waals surface area contributed by atoms with E-state index in [1.54, 1.807) is 22.8 Å². The van der Waals surface area contributed by atoms with Crippen molar-refractivity contribution < 1.29 is 24.1 Å². The van der Waals surface area contributed by atoms with E-state index < -0.39 is 24.5 Å². The molecule has 9 nitrogen and oxygen atoms in total. The Morgan fingerprint density at radius 2 is 2.06 bits per heavy atom. The lowest BCUT2D eigenvalue weighted by atomic mass is 10.1. The third-order valence-electron chi connectivity index (χ3n) is 5.83. The second-order valence-corrected chi connectivity index (χ2v) is 8.95. The predicted octanol–water partition coefficient (Wildman–Crippen LogP) is 1.91. The zero-order valence-corrected chi connectivity index (χ0v) is 17.8. The number of aliphatic hydroxyl groups excluding tert-OH is 2. The van der Waals surface area contributed by atoms with Gasteiger partial charge in [-0.2, -0.15) is 0 Å². The Morgan fingerprint density at radius 1 is 1.22 bits per heavy atom. The molecule has 168 valence electrons. The van der Waals surface area contributed by atoms with Crippen LogP contribution in [0.2, 0.25) is 0 Å². The highest BCUT2D eigenvalue weighted by Gasteiger charge is 2.44. The van der Waals surface area contributed by atoms with Gasteiger partial charge >= 0.3 is 0 Å². The van der Waals surface area contributed by atoms with Gasteiger partial charge in [0.25, 0.3) is 0 Å². The quantitative estimate of drug-likeness (QED) is 0.475. The van der Waals surface area contributed by atoms with E-state index in [2.05, 4.69) is 20.3 Å². The van der Waals surface area contributed by atoms with Crippen molar-refractivity contribution in [2.24, 2.45) is 0 Å². The number of aliphatic hydroxyl groups is 2. The van der Waals surface area contributed by atoms with E-state index in [0.717, 1.165) is 12.8 Å². The number of nitrogens with zero attached hydrogens (tertiary/aromatic N) is 4. The van der Waals surface area contributed by atoms with Crippen molar-refractivity contribution in [3.05, 3.63) is 42.7 Å². The van der Waals surface area contributed by atoms with Gasteiger partial charge in [-0.05, 0) is 25.0 Å². The molecule has 0 unspecified atom stereocenters. The summed E-state index contributed by atoms with van der Waals surface area (Å²) < 4.78 is 21.4.